The maximum atomic E-state index is 13.0. The molecule has 0 aliphatic heterocycles. The summed E-state index contributed by atoms with van der Waals surface area (Å²) in [6.07, 6.45) is -11.9. The van der Waals surface area contributed by atoms with Gasteiger partial charge in [-0.3, -0.25) is 4.90 Å². The lowest BCUT2D eigenvalue weighted by Crippen LogP contribution is -2.54. The van der Waals surface area contributed by atoms with Crippen molar-refractivity contribution in [2.75, 3.05) is 18.5 Å². The van der Waals surface area contributed by atoms with Crippen LogP contribution in [0.1, 0.15) is 23.6 Å². The molecule has 0 fully saturated rings. The molecular weight excluding hydrogens is 354 g/mol. The molecule has 1 rings (SSSR count). The van der Waals surface area contributed by atoms with E-state index in [1.165, 1.54) is 20.9 Å². The highest BCUT2D eigenvalue weighted by Crippen LogP contribution is 2.50. The van der Waals surface area contributed by atoms with Gasteiger partial charge in [0.1, 0.15) is 0 Å². The Hall–Kier alpha value is -1.97. The number of benzene rings is 1. The SMILES string of the molecule is CCNC(=O)N(C)c1c(C)cc(C(O)(C(F)(F)F)C(F)(F)F)cc1C. The van der Waals surface area contributed by atoms with Gasteiger partial charge < -0.3 is 10.4 Å². The van der Waals surface area contributed by atoms with Crippen molar-refractivity contribution in [3.8, 4) is 0 Å². The fourth-order valence-corrected chi connectivity index (χ4v) is 2.55. The number of nitrogens with one attached hydrogen (secondary N) is 1. The van der Waals surface area contributed by atoms with Crippen LogP contribution in [0.2, 0.25) is 0 Å². The highest BCUT2D eigenvalue weighted by Gasteiger charge is 2.71. The van der Waals surface area contributed by atoms with Crippen molar-refractivity contribution in [2.45, 2.75) is 38.7 Å². The minimum Gasteiger partial charge on any atom is -0.369 e. The molecule has 1 aromatic rings. The Kier molecular flexibility index (Phi) is 5.68. The largest absolute Gasteiger partial charge is 0.430 e. The molecule has 25 heavy (non-hydrogen) atoms. The zero-order valence-electron chi connectivity index (χ0n) is 13.9. The summed E-state index contributed by atoms with van der Waals surface area (Å²) < 4.78 is 78.0. The summed E-state index contributed by atoms with van der Waals surface area (Å²) in [7, 11) is 1.33. The van der Waals surface area contributed by atoms with E-state index in [2.05, 4.69) is 5.32 Å². The van der Waals surface area contributed by atoms with E-state index in [0.717, 1.165) is 4.90 Å². The number of aryl methyl sites for hydroxylation is 2. The Bertz CT molecular complexity index is 617. The van der Waals surface area contributed by atoms with E-state index in [4.69, 9.17) is 0 Å². The third-order valence-electron chi connectivity index (χ3n) is 3.70. The van der Waals surface area contributed by atoms with Crippen LogP contribution in [0.15, 0.2) is 12.1 Å². The highest BCUT2D eigenvalue weighted by atomic mass is 19.4. The minimum atomic E-state index is -5.96. The van der Waals surface area contributed by atoms with Crippen molar-refractivity contribution >= 4 is 11.7 Å². The van der Waals surface area contributed by atoms with Crippen LogP contribution in [0.3, 0.4) is 0 Å². The molecule has 0 saturated heterocycles. The summed E-state index contributed by atoms with van der Waals surface area (Å²) in [4.78, 5) is 12.9. The smallest absolute Gasteiger partial charge is 0.369 e. The van der Waals surface area contributed by atoms with Gasteiger partial charge in [0.15, 0.2) is 0 Å². The summed E-state index contributed by atoms with van der Waals surface area (Å²) in [5.41, 5.74) is -6.23. The number of hydrogen-bond donors (Lipinski definition) is 2. The number of alkyl halides is 6. The lowest BCUT2D eigenvalue weighted by atomic mass is 9.89. The second-order valence-electron chi connectivity index (χ2n) is 5.56. The molecule has 1 aromatic carbocycles. The van der Waals surface area contributed by atoms with Crippen molar-refractivity contribution in [3.63, 3.8) is 0 Å². The monoisotopic (exact) mass is 372 g/mol. The summed E-state index contributed by atoms with van der Waals surface area (Å²) >= 11 is 0. The summed E-state index contributed by atoms with van der Waals surface area (Å²) in [6, 6.07) is 0.598. The molecule has 142 valence electrons. The van der Waals surface area contributed by atoms with Crippen molar-refractivity contribution in [1.82, 2.24) is 5.32 Å². The number of nitrogens with zero attached hydrogens (tertiary/aromatic N) is 1. The Labute approximate surface area is 140 Å². The molecule has 0 radical (unpaired) electrons. The summed E-state index contributed by atoms with van der Waals surface area (Å²) in [5.74, 6) is 0. The molecule has 10 heteroatoms. The third kappa shape index (κ3) is 3.68. The Balaban J connectivity index is 3.55. The van der Waals surface area contributed by atoms with Crippen LogP contribution in [-0.2, 0) is 5.60 Å². The highest BCUT2D eigenvalue weighted by molar-refractivity contribution is 5.93. The Morgan fingerprint density at radius 1 is 1.08 bits per heavy atom. The minimum absolute atomic E-state index is 0.0179. The van der Waals surface area contributed by atoms with Gasteiger partial charge in [-0.15, -0.1) is 0 Å². The lowest BCUT2D eigenvalue weighted by molar-refractivity contribution is -0.376. The van der Waals surface area contributed by atoms with Crippen LogP contribution in [-0.4, -0.2) is 37.1 Å². The van der Waals surface area contributed by atoms with Crippen LogP contribution in [0.4, 0.5) is 36.8 Å². The van der Waals surface area contributed by atoms with Crippen molar-refractivity contribution in [3.05, 3.63) is 28.8 Å². The van der Waals surface area contributed by atoms with E-state index in [1.54, 1.807) is 6.92 Å². The fraction of sp³-hybridized carbons (Fsp3) is 0.533. The number of anilines is 1. The molecule has 0 saturated carbocycles. The topological polar surface area (TPSA) is 52.6 Å². The molecule has 0 unspecified atom stereocenters. The van der Waals surface area contributed by atoms with Gasteiger partial charge in [-0.25, -0.2) is 4.79 Å². The zero-order valence-corrected chi connectivity index (χ0v) is 13.9. The molecular formula is C15H18F6N2O2. The van der Waals surface area contributed by atoms with E-state index in [9.17, 15) is 36.2 Å². The molecule has 0 bridgehead atoms. The van der Waals surface area contributed by atoms with Crippen molar-refractivity contribution in [1.29, 1.82) is 0 Å². The Morgan fingerprint density at radius 2 is 1.48 bits per heavy atom. The number of carbonyl (C=O) groups is 1. The van der Waals surface area contributed by atoms with Gasteiger partial charge in [0, 0.05) is 19.2 Å². The molecule has 2 amide bonds. The first-order valence-corrected chi connectivity index (χ1v) is 7.17. The van der Waals surface area contributed by atoms with E-state index >= 15 is 0 Å². The van der Waals surface area contributed by atoms with Gasteiger partial charge in [-0.05, 0) is 31.9 Å². The van der Waals surface area contributed by atoms with Crippen LogP contribution >= 0.6 is 0 Å². The predicted molar refractivity (Wildman–Crippen MR) is 79.4 cm³/mol. The molecule has 0 heterocycles. The first kappa shape index (κ1) is 21.1. The molecule has 2 N–H and O–H groups in total. The first-order chi connectivity index (χ1) is 11.2. The molecule has 4 nitrogen and oxygen atoms in total. The van der Waals surface area contributed by atoms with Gasteiger partial charge in [0.2, 0.25) is 0 Å². The summed E-state index contributed by atoms with van der Waals surface area (Å²) in [5, 5.41) is 12.0. The molecule has 0 aromatic heterocycles. The summed E-state index contributed by atoms with van der Waals surface area (Å²) in [6.45, 7) is 4.46. The van der Waals surface area contributed by atoms with E-state index in [-0.39, 0.29) is 16.8 Å². The number of urea groups is 1. The quantitative estimate of drug-likeness (QED) is 0.794. The van der Waals surface area contributed by atoms with Gasteiger partial charge in [-0.1, -0.05) is 12.1 Å². The molecule has 0 atom stereocenters. The lowest BCUT2D eigenvalue weighted by Gasteiger charge is -2.34. The molecule has 0 aliphatic carbocycles. The Morgan fingerprint density at radius 3 is 1.80 bits per heavy atom. The number of carbonyl (C=O) groups excluding carboxylic acids is 1. The average Bonchev–Trinajstić information content (AvgIpc) is 2.43. The number of hydrogen-bond acceptors (Lipinski definition) is 2. The number of aliphatic hydroxyl groups is 1. The van der Waals surface area contributed by atoms with Gasteiger partial charge in [0.25, 0.3) is 5.60 Å². The maximum absolute atomic E-state index is 13.0. The van der Waals surface area contributed by atoms with Gasteiger partial charge in [-0.2, -0.15) is 26.3 Å². The van der Waals surface area contributed by atoms with Crippen LogP contribution in [0, 0.1) is 13.8 Å². The predicted octanol–water partition coefficient (Wildman–Crippen LogP) is 3.78. The standard InChI is InChI=1S/C15H18F6N2O2/c1-5-22-12(24)23(4)11-8(2)6-10(7-9(11)3)13(25,14(16,17)18)15(19,20)21/h6-7,25H,5H2,1-4H3,(H,22,24). The van der Waals surface area contributed by atoms with Gasteiger partial charge >= 0.3 is 18.4 Å². The van der Waals surface area contributed by atoms with Gasteiger partial charge in [0.05, 0.1) is 5.69 Å². The molecule has 0 aliphatic rings. The average molecular weight is 372 g/mol. The normalized spacial score (nSPS) is 12.9. The first-order valence-electron chi connectivity index (χ1n) is 7.17. The number of halogens is 6. The van der Waals surface area contributed by atoms with E-state index in [1.807, 2.05) is 0 Å². The van der Waals surface area contributed by atoms with E-state index in [0.29, 0.717) is 18.7 Å². The zero-order chi connectivity index (χ0) is 19.8. The second-order valence-corrected chi connectivity index (χ2v) is 5.56. The van der Waals surface area contributed by atoms with Crippen molar-refractivity contribution < 1.29 is 36.2 Å². The van der Waals surface area contributed by atoms with Crippen LogP contribution in [0.5, 0.6) is 0 Å². The van der Waals surface area contributed by atoms with E-state index < -0.39 is 29.5 Å². The van der Waals surface area contributed by atoms with Crippen molar-refractivity contribution in [2.24, 2.45) is 0 Å². The number of rotatable bonds is 3. The molecule has 0 spiro atoms. The number of amides is 2. The maximum Gasteiger partial charge on any atom is 0.430 e. The fourth-order valence-electron chi connectivity index (χ4n) is 2.55. The van der Waals surface area contributed by atoms with Crippen LogP contribution in [0.25, 0.3) is 0 Å². The van der Waals surface area contributed by atoms with Crippen LogP contribution < -0.4 is 10.2 Å². The second kappa shape index (κ2) is 6.74. The third-order valence-corrected chi connectivity index (χ3v) is 3.70.